The molecule has 1 aliphatic heterocycles. The second-order valence-electron chi connectivity index (χ2n) is 7.44. The molecule has 0 aromatic heterocycles. The summed E-state index contributed by atoms with van der Waals surface area (Å²) in [6, 6.07) is 10.3. The molecule has 0 unspecified atom stereocenters. The Kier molecular flexibility index (Phi) is 8.96. The molecule has 1 N–H and O–H groups in total. The lowest BCUT2D eigenvalue weighted by atomic mass is 10.2. The summed E-state index contributed by atoms with van der Waals surface area (Å²) in [5, 5.41) is 2.87. The van der Waals surface area contributed by atoms with Crippen molar-refractivity contribution in [2.45, 2.75) is 23.3 Å². The Labute approximate surface area is 209 Å². The standard InChI is InChI=1S/C21H25Cl2N3O6S2/c1-2-25(34(30,31)20-13-17(22)5-8-19(20)23)15-21(27)24-14-16-3-6-18(7-4-16)33(28,29)26-9-11-32-12-10-26/h3-8,13H,2,9-12,14-15H2,1H3,(H,24,27). The van der Waals surface area contributed by atoms with Crippen LogP contribution in [0.1, 0.15) is 12.5 Å². The number of hydrogen-bond donors (Lipinski definition) is 1. The summed E-state index contributed by atoms with van der Waals surface area (Å²) >= 11 is 11.9. The number of sulfonamides is 2. The van der Waals surface area contributed by atoms with Gasteiger partial charge in [0.15, 0.2) is 0 Å². The Morgan fingerprint density at radius 2 is 1.71 bits per heavy atom. The second-order valence-corrected chi connectivity index (χ2v) is 12.1. The van der Waals surface area contributed by atoms with Crippen LogP contribution in [0.15, 0.2) is 52.3 Å². The Hall–Kier alpha value is -1.73. The largest absolute Gasteiger partial charge is 0.379 e. The smallest absolute Gasteiger partial charge is 0.245 e. The lowest BCUT2D eigenvalue weighted by molar-refractivity contribution is -0.121. The van der Waals surface area contributed by atoms with Crippen LogP contribution in [0.5, 0.6) is 0 Å². The van der Waals surface area contributed by atoms with Gasteiger partial charge in [-0.3, -0.25) is 4.79 Å². The van der Waals surface area contributed by atoms with Gasteiger partial charge < -0.3 is 10.1 Å². The third kappa shape index (κ3) is 6.28. The molecule has 1 amide bonds. The van der Waals surface area contributed by atoms with E-state index in [-0.39, 0.29) is 32.9 Å². The maximum atomic E-state index is 12.9. The zero-order chi connectivity index (χ0) is 24.9. The van der Waals surface area contributed by atoms with Crippen LogP contribution in [0.25, 0.3) is 0 Å². The first kappa shape index (κ1) is 26.9. The number of rotatable bonds is 9. The number of likely N-dealkylation sites (N-methyl/N-ethyl adjacent to an activating group) is 1. The van der Waals surface area contributed by atoms with Gasteiger partial charge in [0, 0.05) is 31.2 Å². The molecule has 0 spiro atoms. The van der Waals surface area contributed by atoms with Crippen molar-refractivity contribution in [3.8, 4) is 0 Å². The fraction of sp³-hybridized carbons (Fsp3) is 0.381. The number of carbonyl (C=O) groups is 1. The fourth-order valence-corrected chi connectivity index (χ4v) is 6.86. The van der Waals surface area contributed by atoms with Crippen LogP contribution in [-0.2, 0) is 36.1 Å². The van der Waals surface area contributed by atoms with E-state index in [4.69, 9.17) is 27.9 Å². The highest BCUT2D eigenvalue weighted by molar-refractivity contribution is 7.89. The molecule has 0 atom stereocenters. The van der Waals surface area contributed by atoms with Gasteiger partial charge in [0.1, 0.15) is 4.90 Å². The maximum Gasteiger partial charge on any atom is 0.245 e. The van der Waals surface area contributed by atoms with E-state index in [2.05, 4.69) is 5.32 Å². The number of ether oxygens (including phenoxy) is 1. The molecule has 1 heterocycles. The van der Waals surface area contributed by atoms with E-state index in [1.54, 1.807) is 19.1 Å². The van der Waals surface area contributed by atoms with Crippen LogP contribution < -0.4 is 5.32 Å². The molecular weight excluding hydrogens is 525 g/mol. The highest BCUT2D eigenvalue weighted by Gasteiger charge is 2.28. The summed E-state index contributed by atoms with van der Waals surface area (Å²) in [6.07, 6.45) is 0. The number of benzene rings is 2. The molecule has 0 aliphatic carbocycles. The number of nitrogens with one attached hydrogen (secondary N) is 1. The molecule has 1 saturated heterocycles. The number of nitrogens with zero attached hydrogens (tertiary/aromatic N) is 2. The highest BCUT2D eigenvalue weighted by Crippen LogP contribution is 2.27. The van der Waals surface area contributed by atoms with Gasteiger partial charge in [-0.15, -0.1) is 0 Å². The average Bonchev–Trinajstić information content (AvgIpc) is 2.83. The van der Waals surface area contributed by atoms with Crippen LogP contribution in [-0.4, -0.2) is 70.7 Å². The van der Waals surface area contributed by atoms with E-state index in [1.165, 1.54) is 34.6 Å². The topological polar surface area (TPSA) is 113 Å². The summed E-state index contributed by atoms with van der Waals surface area (Å²) in [4.78, 5) is 12.4. The van der Waals surface area contributed by atoms with Crippen LogP contribution >= 0.6 is 23.2 Å². The van der Waals surface area contributed by atoms with E-state index in [9.17, 15) is 21.6 Å². The number of carbonyl (C=O) groups excluding carboxylic acids is 1. The lowest BCUT2D eigenvalue weighted by Crippen LogP contribution is -2.40. The third-order valence-corrected chi connectivity index (χ3v) is 9.75. The van der Waals surface area contributed by atoms with Gasteiger partial charge in [-0.1, -0.05) is 42.3 Å². The van der Waals surface area contributed by atoms with Gasteiger partial charge in [0.2, 0.25) is 26.0 Å². The molecule has 2 aromatic rings. The van der Waals surface area contributed by atoms with Crippen molar-refractivity contribution in [3.63, 3.8) is 0 Å². The molecule has 9 nitrogen and oxygen atoms in total. The van der Waals surface area contributed by atoms with Crippen LogP contribution in [0.4, 0.5) is 0 Å². The monoisotopic (exact) mass is 549 g/mol. The SMILES string of the molecule is CCN(CC(=O)NCc1ccc(S(=O)(=O)N2CCOCC2)cc1)S(=O)(=O)c1cc(Cl)ccc1Cl. The summed E-state index contributed by atoms with van der Waals surface area (Å²) in [5.41, 5.74) is 0.665. The first-order valence-electron chi connectivity index (χ1n) is 10.4. The van der Waals surface area contributed by atoms with Gasteiger partial charge in [-0.2, -0.15) is 8.61 Å². The van der Waals surface area contributed by atoms with E-state index in [0.717, 1.165) is 4.31 Å². The van der Waals surface area contributed by atoms with Crippen LogP contribution in [0, 0.1) is 0 Å². The van der Waals surface area contributed by atoms with Gasteiger partial charge >= 0.3 is 0 Å². The molecule has 1 aliphatic rings. The predicted octanol–water partition coefficient (Wildman–Crippen LogP) is 2.34. The molecule has 0 saturated carbocycles. The quantitative estimate of drug-likeness (QED) is 0.513. The van der Waals surface area contributed by atoms with Crippen molar-refractivity contribution in [3.05, 3.63) is 58.1 Å². The minimum absolute atomic E-state index is 0.00961. The maximum absolute atomic E-state index is 12.9. The van der Waals surface area contributed by atoms with E-state index in [0.29, 0.717) is 31.9 Å². The van der Waals surface area contributed by atoms with Crippen molar-refractivity contribution >= 4 is 49.2 Å². The van der Waals surface area contributed by atoms with Gasteiger partial charge in [-0.05, 0) is 35.9 Å². The molecule has 34 heavy (non-hydrogen) atoms. The molecule has 13 heteroatoms. The number of morpholine rings is 1. The predicted molar refractivity (Wildman–Crippen MR) is 129 cm³/mol. The number of halogens is 2. The van der Waals surface area contributed by atoms with Crippen molar-refractivity contribution in [2.75, 3.05) is 39.4 Å². The molecular formula is C21H25Cl2N3O6S2. The number of hydrogen-bond acceptors (Lipinski definition) is 6. The molecule has 1 fully saturated rings. The average molecular weight is 550 g/mol. The van der Waals surface area contributed by atoms with E-state index in [1.807, 2.05) is 0 Å². The summed E-state index contributed by atoms with van der Waals surface area (Å²) < 4.78 is 58.8. The van der Waals surface area contributed by atoms with Crippen LogP contribution in [0.3, 0.4) is 0 Å². The van der Waals surface area contributed by atoms with Crippen molar-refractivity contribution in [2.24, 2.45) is 0 Å². The minimum Gasteiger partial charge on any atom is -0.379 e. The summed E-state index contributed by atoms with van der Waals surface area (Å²) in [7, 11) is -7.65. The van der Waals surface area contributed by atoms with Crippen molar-refractivity contribution < 1.29 is 26.4 Å². The Morgan fingerprint density at radius 1 is 1.06 bits per heavy atom. The van der Waals surface area contributed by atoms with Crippen LogP contribution in [0.2, 0.25) is 10.0 Å². The minimum atomic E-state index is -4.04. The zero-order valence-electron chi connectivity index (χ0n) is 18.4. The Balaban J connectivity index is 1.62. The lowest BCUT2D eigenvalue weighted by Gasteiger charge is -2.26. The Bertz CT molecular complexity index is 1230. The summed E-state index contributed by atoms with van der Waals surface area (Å²) in [5.74, 6) is -0.520. The van der Waals surface area contributed by atoms with Gasteiger partial charge in [-0.25, -0.2) is 16.8 Å². The Morgan fingerprint density at radius 3 is 2.32 bits per heavy atom. The molecule has 3 rings (SSSR count). The first-order chi connectivity index (χ1) is 16.1. The second kappa shape index (κ2) is 11.3. The molecule has 0 bridgehead atoms. The molecule has 0 radical (unpaired) electrons. The van der Waals surface area contributed by atoms with E-state index >= 15 is 0 Å². The third-order valence-electron chi connectivity index (χ3n) is 5.20. The fourth-order valence-electron chi connectivity index (χ4n) is 3.31. The van der Waals surface area contributed by atoms with E-state index < -0.39 is 32.5 Å². The van der Waals surface area contributed by atoms with Crippen molar-refractivity contribution in [1.82, 2.24) is 13.9 Å². The van der Waals surface area contributed by atoms with Gasteiger partial charge in [0.05, 0.1) is 29.7 Å². The molecule has 186 valence electrons. The molecule has 2 aromatic carbocycles. The zero-order valence-corrected chi connectivity index (χ0v) is 21.6. The van der Waals surface area contributed by atoms with Crippen molar-refractivity contribution in [1.29, 1.82) is 0 Å². The van der Waals surface area contributed by atoms with Gasteiger partial charge in [0.25, 0.3) is 0 Å². The normalized spacial score (nSPS) is 15.4. The number of amides is 1. The first-order valence-corrected chi connectivity index (χ1v) is 14.1. The highest BCUT2D eigenvalue weighted by atomic mass is 35.5. The summed E-state index contributed by atoms with van der Waals surface area (Å²) in [6.45, 7) is 2.67.